The normalized spacial score (nSPS) is 11.3. The Morgan fingerprint density at radius 3 is 1.48 bits per heavy atom. The predicted molar refractivity (Wildman–Crippen MR) is 104 cm³/mol. The highest BCUT2D eigenvalue weighted by Gasteiger charge is 2.25. The standard InChI is InChI=1S/C16H10Br2Cl2O2S/c1-9(17)13-7-11(19)3-5-15(13)23(21,22)16-6-4-12(20)8-14(16)10(2)18/h3-8H,1-2H2. The number of hydrogen-bond donors (Lipinski definition) is 0. The molecular weight excluding hydrogens is 487 g/mol. The summed E-state index contributed by atoms with van der Waals surface area (Å²) in [7, 11) is -3.82. The molecule has 7 heteroatoms. The Morgan fingerprint density at radius 1 is 0.826 bits per heavy atom. The molecule has 0 atom stereocenters. The van der Waals surface area contributed by atoms with Crippen LogP contribution in [0.15, 0.2) is 59.3 Å². The summed E-state index contributed by atoms with van der Waals surface area (Å²) in [6.45, 7) is 7.50. The third-order valence-corrected chi connectivity index (χ3v) is 6.24. The first kappa shape index (κ1) is 18.7. The van der Waals surface area contributed by atoms with Gasteiger partial charge in [-0.2, -0.15) is 0 Å². The van der Waals surface area contributed by atoms with Gasteiger partial charge in [-0.1, -0.05) is 68.2 Å². The van der Waals surface area contributed by atoms with Crippen molar-refractivity contribution >= 4 is 73.9 Å². The molecule has 0 bridgehead atoms. The molecule has 23 heavy (non-hydrogen) atoms. The van der Waals surface area contributed by atoms with Gasteiger partial charge in [-0.25, -0.2) is 8.42 Å². The largest absolute Gasteiger partial charge is 0.218 e. The van der Waals surface area contributed by atoms with Crippen molar-refractivity contribution in [1.29, 1.82) is 0 Å². The van der Waals surface area contributed by atoms with Gasteiger partial charge in [-0.3, -0.25) is 0 Å². The summed E-state index contributed by atoms with van der Waals surface area (Å²) in [4.78, 5) is 0.196. The molecule has 0 fully saturated rings. The number of halogens is 4. The SMILES string of the molecule is C=C(Br)c1cc(Cl)ccc1S(=O)(=O)c1ccc(Cl)cc1C(=C)Br. The van der Waals surface area contributed by atoms with Crippen molar-refractivity contribution in [3.8, 4) is 0 Å². The van der Waals surface area contributed by atoms with Crippen molar-refractivity contribution in [3.63, 3.8) is 0 Å². The Kier molecular flexibility index (Phi) is 5.80. The van der Waals surface area contributed by atoms with E-state index in [0.717, 1.165) is 0 Å². The average molecular weight is 497 g/mol. The lowest BCUT2D eigenvalue weighted by Crippen LogP contribution is -2.07. The number of hydrogen-bond acceptors (Lipinski definition) is 2. The summed E-state index contributed by atoms with van der Waals surface area (Å²) >= 11 is 18.4. The van der Waals surface area contributed by atoms with E-state index in [1.54, 1.807) is 12.1 Å². The zero-order valence-electron chi connectivity index (χ0n) is 11.6. The van der Waals surface area contributed by atoms with Crippen molar-refractivity contribution in [1.82, 2.24) is 0 Å². The van der Waals surface area contributed by atoms with Crippen LogP contribution in [0, 0.1) is 0 Å². The van der Waals surface area contributed by atoms with E-state index in [0.29, 0.717) is 30.1 Å². The van der Waals surface area contributed by atoms with Crippen LogP contribution in [0.5, 0.6) is 0 Å². The van der Waals surface area contributed by atoms with E-state index in [4.69, 9.17) is 23.2 Å². The van der Waals surface area contributed by atoms with Gasteiger partial charge in [-0.05, 0) is 36.4 Å². The molecule has 120 valence electrons. The first-order valence-corrected chi connectivity index (χ1v) is 10.0. The Labute approximate surface area is 162 Å². The van der Waals surface area contributed by atoms with Gasteiger partial charge < -0.3 is 0 Å². The van der Waals surface area contributed by atoms with E-state index in [-0.39, 0.29) is 9.79 Å². The summed E-state index contributed by atoms with van der Waals surface area (Å²) in [5, 5.41) is 0.835. The fourth-order valence-electron chi connectivity index (χ4n) is 2.02. The molecule has 0 radical (unpaired) electrons. The number of benzene rings is 2. The molecule has 0 aliphatic carbocycles. The van der Waals surface area contributed by atoms with Crippen molar-refractivity contribution in [2.24, 2.45) is 0 Å². The molecule has 0 N–H and O–H groups in total. The minimum atomic E-state index is -3.82. The van der Waals surface area contributed by atoms with Crippen LogP contribution in [-0.2, 0) is 9.84 Å². The molecule has 0 aliphatic rings. The second-order valence-electron chi connectivity index (χ2n) is 4.59. The summed E-state index contributed by atoms with van der Waals surface area (Å²) < 4.78 is 27.0. The second-order valence-corrected chi connectivity index (χ2v) is 9.27. The van der Waals surface area contributed by atoms with E-state index in [2.05, 4.69) is 45.0 Å². The van der Waals surface area contributed by atoms with Crippen LogP contribution in [0.4, 0.5) is 0 Å². The smallest absolute Gasteiger partial charge is 0.207 e. The molecule has 0 saturated carbocycles. The number of rotatable bonds is 4. The van der Waals surface area contributed by atoms with E-state index in [1.807, 2.05) is 0 Å². The molecule has 0 aromatic heterocycles. The van der Waals surface area contributed by atoms with E-state index in [9.17, 15) is 8.42 Å². The Balaban J connectivity index is 2.79. The summed E-state index contributed by atoms with van der Waals surface area (Å²) in [5.74, 6) is 0. The van der Waals surface area contributed by atoms with Crippen LogP contribution in [-0.4, -0.2) is 8.42 Å². The van der Waals surface area contributed by atoms with Crippen LogP contribution in [0.3, 0.4) is 0 Å². The molecule has 0 amide bonds. The quantitative estimate of drug-likeness (QED) is 0.480. The van der Waals surface area contributed by atoms with Crippen molar-refractivity contribution in [3.05, 3.63) is 70.7 Å². The van der Waals surface area contributed by atoms with Crippen LogP contribution in [0.25, 0.3) is 8.96 Å². The van der Waals surface area contributed by atoms with Crippen LogP contribution in [0.1, 0.15) is 11.1 Å². The Morgan fingerprint density at radius 2 is 1.17 bits per heavy atom. The molecule has 2 rings (SSSR count). The average Bonchev–Trinajstić information content (AvgIpc) is 2.46. The lowest BCUT2D eigenvalue weighted by molar-refractivity contribution is 0.595. The first-order chi connectivity index (χ1) is 10.6. The minimum Gasteiger partial charge on any atom is -0.218 e. The summed E-state index contributed by atoms with van der Waals surface area (Å²) in [5.41, 5.74) is 0.803. The van der Waals surface area contributed by atoms with E-state index < -0.39 is 9.84 Å². The third-order valence-electron chi connectivity index (χ3n) is 3.05. The maximum absolute atomic E-state index is 13.1. The van der Waals surface area contributed by atoms with Crippen molar-refractivity contribution in [2.75, 3.05) is 0 Å². The van der Waals surface area contributed by atoms with E-state index >= 15 is 0 Å². The Hall–Kier alpha value is -0.590. The number of sulfone groups is 1. The van der Waals surface area contributed by atoms with Gasteiger partial charge in [0.2, 0.25) is 9.84 Å². The molecule has 0 saturated heterocycles. The fourth-order valence-corrected chi connectivity index (χ4v) is 4.95. The monoisotopic (exact) mass is 494 g/mol. The summed E-state index contributed by atoms with van der Waals surface area (Å²) in [6, 6.07) is 9.04. The van der Waals surface area contributed by atoms with Crippen LogP contribution < -0.4 is 0 Å². The van der Waals surface area contributed by atoms with Gasteiger partial charge in [0.05, 0.1) is 9.79 Å². The fraction of sp³-hybridized carbons (Fsp3) is 0. The van der Waals surface area contributed by atoms with Crippen LogP contribution in [0.2, 0.25) is 10.0 Å². The van der Waals surface area contributed by atoms with Gasteiger partial charge >= 0.3 is 0 Å². The van der Waals surface area contributed by atoms with Crippen molar-refractivity contribution in [2.45, 2.75) is 9.79 Å². The highest BCUT2D eigenvalue weighted by Crippen LogP contribution is 2.37. The van der Waals surface area contributed by atoms with Gasteiger partial charge in [0.25, 0.3) is 0 Å². The minimum absolute atomic E-state index is 0.0982. The maximum Gasteiger partial charge on any atom is 0.207 e. The lowest BCUT2D eigenvalue weighted by atomic mass is 10.2. The van der Waals surface area contributed by atoms with Gasteiger partial charge in [0.1, 0.15) is 0 Å². The molecule has 2 aromatic rings. The van der Waals surface area contributed by atoms with Crippen molar-refractivity contribution < 1.29 is 8.42 Å². The highest BCUT2D eigenvalue weighted by molar-refractivity contribution is 9.15. The summed E-state index contributed by atoms with van der Waals surface area (Å²) in [6.07, 6.45) is 0. The van der Waals surface area contributed by atoms with E-state index in [1.165, 1.54) is 24.3 Å². The third kappa shape index (κ3) is 3.91. The highest BCUT2D eigenvalue weighted by atomic mass is 79.9. The predicted octanol–water partition coefficient (Wildman–Crippen LogP) is 6.56. The topological polar surface area (TPSA) is 34.1 Å². The molecular formula is C16H10Br2Cl2O2S. The second kappa shape index (κ2) is 7.11. The zero-order chi connectivity index (χ0) is 17.4. The lowest BCUT2D eigenvalue weighted by Gasteiger charge is -2.14. The molecule has 2 aromatic carbocycles. The molecule has 0 unspecified atom stereocenters. The first-order valence-electron chi connectivity index (χ1n) is 6.18. The van der Waals surface area contributed by atoms with Gasteiger partial charge in [0.15, 0.2) is 0 Å². The molecule has 0 heterocycles. The van der Waals surface area contributed by atoms with Gasteiger partial charge in [-0.15, -0.1) is 0 Å². The Bertz CT molecular complexity index is 852. The van der Waals surface area contributed by atoms with Crippen LogP contribution >= 0.6 is 55.1 Å². The zero-order valence-corrected chi connectivity index (χ0v) is 17.1. The molecule has 2 nitrogen and oxygen atoms in total. The van der Waals surface area contributed by atoms with Gasteiger partial charge in [0, 0.05) is 30.1 Å². The maximum atomic E-state index is 13.1. The molecule has 0 spiro atoms. The molecule has 0 aliphatic heterocycles.